The first kappa shape index (κ1) is 14.2. The Bertz CT molecular complexity index is 825. The number of hydrogen-bond acceptors (Lipinski definition) is 5. The Kier molecular flexibility index (Phi) is 3.73. The zero-order valence-electron chi connectivity index (χ0n) is 11.4. The fourth-order valence-electron chi connectivity index (χ4n) is 2.06. The average molecular weight is 366 g/mol. The molecule has 0 unspecified atom stereocenters. The minimum Gasteiger partial charge on any atom is -0.295 e. The summed E-state index contributed by atoms with van der Waals surface area (Å²) < 4.78 is 2.67. The summed E-state index contributed by atoms with van der Waals surface area (Å²) in [6, 6.07) is 3.77. The number of nitrogens with one attached hydrogen (secondary N) is 1. The molecular formula is C13H12BrN5OS. The molecule has 0 spiro atoms. The molecule has 0 fully saturated rings. The quantitative estimate of drug-likeness (QED) is 0.773. The van der Waals surface area contributed by atoms with E-state index in [4.69, 9.17) is 0 Å². The van der Waals surface area contributed by atoms with Crippen LogP contribution in [0.5, 0.6) is 0 Å². The highest BCUT2D eigenvalue weighted by molar-refractivity contribution is 9.10. The lowest BCUT2D eigenvalue weighted by molar-refractivity contribution is 0.102. The summed E-state index contributed by atoms with van der Waals surface area (Å²) in [4.78, 5) is 17.0. The standard InChI is InChI=1S/C13H12BrN5OS/c1-3-9-11(12(20)16-13-18-17-7(2)21-13)19-6-8(14)4-5-10(19)15-9/h4-6H,3H2,1-2H3,(H,16,18,20). The monoisotopic (exact) mass is 365 g/mol. The summed E-state index contributed by atoms with van der Waals surface area (Å²) in [5.74, 6) is -0.228. The van der Waals surface area contributed by atoms with Crippen LogP contribution in [0, 0.1) is 6.92 Å². The molecule has 3 heterocycles. The minimum absolute atomic E-state index is 0.228. The summed E-state index contributed by atoms with van der Waals surface area (Å²) in [7, 11) is 0. The molecule has 6 nitrogen and oxygen atoms in total. The molecule has 1 N–H and O–H groups in total. The number of imidazole rings is 1. The molecule has 3 rings (SSSR count). The molecule has 8 heteroatoms. The molecular weight excluding hydrogens is 354 g/mol. The predicted molar refractivity (Wildman–Crippen MR) is 84.9 cm³/mol. The van der Waals surface area contributed by atoms with E-state index in [1.165, 1.54) is 11.3 Å². The van der Waals surface area contributed by atoms with E-state index < -0.39 is 0 Å². The fraction of sp³-hybridized carbons (Fsp3) is 0.231. The van der Waals surface area contributed by atoms with Gasteiger partial charge in [-0.15, -0.1) is 10.2 Å². The van der Waals surface area contributed by atoms with Gasteiger partial charge in [-0.25, -0.2) is 4.98 Å². The van der Waals surface area contributed by atoms with E-state index in [2.05, 4.69) is 36.4 Å². The van der Waals surface area contributed by atoms with Gasteiger partial charge in [0.1, 0.15) is 16.3 Å². The topological polar surface area (TPSA) is 72.2 Å². The number of carbonyl (C=O) groups is 1. The van der Waals surface area contributed by atoms with Crippen molar-refractivity contribution < 1.29 is 4.79 Å². The Morgan fingerprint density at radius 3 is 2.90 bits per heavy atom. The molecule has 0 saturated carbocycles. The SMILES string of the molecule is CCc1nc2ccc(Br)cn2c1C(=O)Nc1nnc(C)s1. The smallest absolute Gasteiger partial charge is 0.276 e. The van der Waals surface area contributed by atoms with Crippen molar-refractivity contribution in [2.24, 2.45) is 0 Å². The maximum absolute atomic E-state index is 12.5. The number of halogens is 1. The molecule has 21 heavy (non-hydrogen) atoms. The van der Waals surface area contributed by atoms with Crippen molar-refractivity contribution in [1.82, 2.24) is 19.6 Å². The van der Waals surface area contributed by atoms with E-state index in [-0.39, 0.29) is 5.91 Å². The number of fused-ring (bicyclic) bond motifs is 1. The van der Waals surface area contributed by atoms with Crippen LogP contribution in [0.4, 0.5) is 5.13 Å². The molecule has 0 aliphatic heterocycles. The third-order valence-electron chi connectivity index (χ3n) is 2.95. The van der Waals surface area contributed by atoms with Crippen LogP contribution < -0.4 is 5.32 Å². The molecule has 0 aliphatic carbocycles. The van der Waals surface area contributed by atoms with E-state index in [1.807, 2.05) is 32.2 Å². The Labute approximate surface area is 133 Å². The van der Waals surface area contributed by atoms with Crippen LogP contribution in [-0.4, -0.2) is 25.5 Å². The zero-order chi connectivity index (χ0) is 15.0. The van der Waals surface area contributed by atoms with Gasteiger partial charge in [-0.05, 0) is 41.4 Å². The maximum atomic E-state index is 12.5. The van der Waals surface area contributed by atoms with Crippen molar-refractivity contribution in [1.29, 1.82) is 0 Å². The molecule has 108 valence electrons. The molecule has 0 aliphatic rings. The van der Waals surface area contributed by atoms with Crippen LogP contribution in [0.2, 0.25) is 0 Å². The number of nitrogens with zero attached hydrogens (tertiary/aromatic N) is 4. The molecule has 0 bridgehead atoms. The van der Waals surface area contributed by atoms with Crippen LogP contribution in [-0.2, 0) is 6.42 Å². The Balaban J connectivity index is 2.05. The zero-order valence-corrected chi connectivity index (χ0v) is 13.8. The first-order chi connectivity index (χ1) is 10.1. The van der Waals surface area contributed by atoms with Crippen LogP contribution in [0.25, 0.3) is 5.65 Å². The second kappa shape index (κ2) is 5.53. The number of carbonyl (C=O) groups excluding carboxylic acids is 1. The highest BCUT2D eigenvalue weighted by Gasteiger charge is 2.19. The van der Waals surface area contributed by atoms with Crippen molar-refractivity contribution in [3.63, 3.8) is 0 Å². The highest BCUT2D eigenvalue weighted by atomic mass is 79.9. The van der Waals surface area contributed by atoms with Crippen molar-refractivity contribution >= 4 is 44.0 Å². The first-order valence-corrected chi connectivity index (χ1v) is 7.97. The van der Waals surface area contributed by atoms with Gasteiger partial charge in [-0.3, -0.25) is 14.5 Å². The summed E-state index contributed by atoms with van der Waals surface area (Å²) in [5.41, 5.74) is 2.03. The minimum atomic E-state index is -0.228. The Morgan fingerprint density at radius 1 is 1.43 bits per heavy atom. The summed E-state index contributed by atoms with van der Waals surface area (Å²) >= 11 is 4.76. The Morgan fingerprint density at radius 2 is 2.24 bits per heavy atom. The third kappa shape index (κ3) is 2.68. The lowest BCUT2D eigenvalue weighted by Crippen LogP contribution is -2.16. The van der Waals surface area contributed by atoms with Gasteiger partial charge in [0.15, 0.2) is 0 Å². The fourth-order valence-corrected chi connectivity index (χ4v) is 2.98. The summed E-state index contributed by atoms with van der Waals surface area (Å²) in [5, 5.41) is 11.9. The summed E-state index contributed by atoms with van der Waals surface area (Å²) in [6.07, 6.45) is 2.51. The second-order valence-corrected chi connectivity index (χ2v) is 6.51. The van der Waals surface area contributed by atoms with Gasteiger partial charge in [-0.2, -0.15) is 0 Å². The number of rotatable bonds is 3. The largest absolute Gasteiger partial charge is 0.295 e. The number of amides is 1. The molecule has 3 aromatic rings. The molecule has 0 saturated heterocycles. The second-order valence-electron chi connectivity index (χ2n) is 4.42. The van der Waals surface area contributed by atoms with Crippen molar-refractivity contribution in [2.45, 2.75) is 20.3 Å². The van der Waals surface area contributed by atoms with Crippen molar-refractivity contribution in [3.05, 3.63) is 39.2 Å². The molecule has 0 atom stereocenters. The molecule has 3 aromatic heterocycles. The third-order valence-corrected chi connectivity index (χ3v) is 4.17. The lowest BCUT2D eigenvalue weighted by atomic mass is 10.2. The highest BCUT2D eigenvalue weighted by Crippen LogP contribution is 2.20. The number of aromatic nitrogens is 4. The van der Waals surface area contributed by atoms with E-state index >= 15 is 0 Å². The average Bonchev–Trinajstić information content (AvgIpc) is 3.01. The maximum Gasteiger partial charge on any atom is 0.276 e. The number of aryl methyl sites for hydroxylation is 2. The van der Waals surface area contributed by atoms with Crippen LogP contribution >= 0.6 is 27.3 Å². The van der Waals surface area contributed by atoms with Crippen LogP contribution in [0.1, 0.15) is 28.1 Å². The number of hydrogen-bond donors (Lipinski definition) is 1. The first-order valence-electron chi connectivity index (χ1n) is 6.36. The van der Waals surface area contributed by atoms with Crippen molar-refractivity contribution in [2.75, 3.05) is 5.32 Å². The van der Waals surface area contributed by atoms with Gasteiger partial charge in [0.05, 0.1) is 5.69 Å². The normalized spacial score (nSPS) is 11.0. The van der Waals surface area contributed by atoms with Gasteiger partial charge < -0.3 is 0 Å². The van der Waals surface area contributed by atoms with E-state index in [9.17, 15) is 4.79 Å². The Hall–Kier alpha value is -1.80. The molecule has 1 amide bonds. The predicted octanol–water partition coefficient (Wildman–Crippen LogP) is 3.07. The molecule has 0 radical (unpaired) electrons. The van der Waals surface area contributed by atoms with E-state index in [0.717, 1.165) is 20.8 Å². The lowest BCUT2D eigenvalue weighted by Gasteiger charge is -2.04. The van der Waals surface area contributed by atoms with Gasteiger partial charge >= 0.3 is 0 Å². The summed E-state index contributed by atoms with van der Waals surface area (Å²) in [6.45, 7) is 3.82. The van der Waals surface area contributed by atoms with Gasteiger partial charge in [0.25, 0.3) is 5.91 Å². The number of pyridine rings is 1. The van der Waals surface area contributed by atoms with E-state index in [0.29, 0.717) is 17.2 Å². The van der Waals surface area contributed by atoms with Gasteiger partial charge in [-0.1, -0.05) is 18.3 Å². The number of anilines is 1. The van der Waals surface area contributed by atoms with Crippen LogP contribution in [0.15, 0.2) is 22.8 Å². The van der Waals surface area contributed by atoms with E-state index in [1.54, 1.807) is 4.40 Å². The van der Waals surface area contributed by atoms with Crippen LogP contribution in [0.3, 0.4) is 0 Å². The molecule has 0 aromatic carbocycles. The van der Waals surface area contributed by atoms with Gasteiger partial charge in [0, 0.05) is 10.7 Å². The van der Waals surface area contributed by atoms with Gasteiger partial charge in [0.2, 0.25) is 5.13 Å². The van der Waals surface area contributed by atoms with Crippen molar-refractivity contribution in [3.8, 4) is 0 Å².